The highest BCUT2D eigenvalue weighted by atomic mass is 16.4. The van der Waals surface area contributed by atoms with Crippen LogP contribution in [0.25, 0.3) is 33.2 Å². The van der Waals surface area contributed by atoms with E-state index in [2.05, 4.69) is 0 Å². The fourth-order valence-corrected chi connectivity index (χ4v) is 2.96. The van der Waals surface area contributed by atoms with Gasteiger partial charge in [-0.1, -0.05) is 60.7 Å². The second-order valence-electron chi connectivity index (χ2n) is 6.07. The summed E-state index contributed by atoms with van der Waals surface area (Å²) in [6.07, 6.45) is 0. The minimum absolute atomic E-state index is 0.0668. The molecular formula is C23H18O5. The molecule has 0 amide bonds. The van der Waals surface area contributed by atoms with Crippen LogP contribution in [0.5, 0.6) is 5.75 Å². The van der Waals surface area contributed by atoms with E-state index in [9.17, 15) is 9.90 Å². The Morgan fingerprint density at radius 1 is 0.821 bits per heavy atom. The first-order valence-corrected chi connectivity index (χ1v) is 8.57. The van der Waals surface area contributed by atoms with Crippen LogP contribution < -0.4 is 5.63 Å². The van der Waals surface area contributed by atoms with E-state index in [1.165, 1.54) is 6.07 Å². The van der Waals surface area contributed by atoms with Gasteiger partial charge in [0.05, 0.1) is 5.56 Å². The van der Waals surface area contributed by atoms with Gasteiger partial charge in [0, 0.05) is 23.9 Å². The van der Waals surface area contributed by atoms with Crippen molar-refractivity contribution in [2.45, 2.75) is 6.92 Å². The zero-order valence-corrected chi connectivity index (χ0v) is 15.1. The minimum Gasteiger partial charge on any atom is -0.508 e. The van der Waals surface area contributed by atoms with E-state index in [0.717, 1.165) is 29.0 Å². The first-order valence-electron chi connectivity index (χ1n) is 8.57. The summed E-state index contributed by atoms with van der Waals surface area (Å²) < 4.78 is 5.47. The SMILES string of the molecule is CC(=O)O.O=c1oc2cc(O)ccc2c(-c2ccccc2)c1-c1ccccc1. The number of hydrogen-bond acceptors (Lipinski definition) is 4. The number of phenolic OH excluding ortho intramolecular Hbond substituents is 1. The molecule has 1 heterocycles. The van der Waals surface area contributed by atoms with Crippen LogP contribution >= 0.6 is 0 Å². The van der Waals surface area contributed by atoms with E-state index >= 15 is 0 Å². The molecule has 4 rings (SSSR count). The van der Waals surface area contributed by atoms with Crippen molar-refractivity contribution in [2.75, 3.05) is 0 Å². The van der Waals surface area contributed by atoms with Crippen molar-refractivity contribution in [2.24, 2.45) is 0 Å². The topological polar surface area (TPSA) is 87.7 Å². The summed E-state index contributed by atoms with van der Waals surface area (Å²) in [5.41, 5.74) is 3.03. The first kappa shape index (κ1) is 18.9. The molecule has 0 bridgehead atoms. The largest absolute Gasteiger partial charge is 0.508 e. The maximum atomic E-state index is 12.7. The number of carbonyl (C=O) groups is 1. The number of aliphatic carboxylic acids is 1. The third-order valence-corrected chi connectivity index (χ3v) is 4.02. The maximum absolute atomic E-state index is 12.7. The highest BCUT2D eigenvalue weighted by molar-refractivity contribution is 6.01. The van der Waals surface area contributed by atoms with Crippen LogP contribution in [0.1, 0.15) is 6.92 Å². The Kier molecular flexibility index (Phi) is 5.56. The molecule has 0 atom stereocenters. The fraction of sp³-hybridized carbons (Fsp3) is 0.0435. The molecule has 0 unspecified atom stereocenters. The average molecular weight is 374 g/mol. The third-order valence-electron chi connectivity index (χ3n) is 4.02. The number of benzene rings is 3. The molecule has 0 saturated carbocycles. The predicted molar refractivity (Wildman–Crippen MR) is 108 cm³/mol. The number of aromatic hydroxyl groups is 1. The summed E-state index contributed by atoms with van der Waals surface area (Å²) in [4.78, 5) is 21.7. The number of phenols is 1. The molecule has 5 heteroatoms. The van der Waals surface area contributed by atoms with E-state index < -0.39 is 11.6 Å². The van der Waals surface area contributed by atoms with Crippen molar-refractivity contribution in [3.05, 3.63) is 89.3 Å². The molecular weight excluding hydrogens is 356 g/mol. The van der Waals surface area contributed by atoms with Gasteiger partial charge in [-0.15, -0.1) is 0 Å². The van der Waals surface area contributed by atoms with Crippen LogP contribution in [0.3, 0.4) is 0 Å². The first-order chi connectivity index (χ1) is 13.5. The van der Waals surface area contributed by atoms with Crippen molar-refractivity contribution >= 4 is 16.9 Å². The Labute approximate surface area is 161 Å². The molecule has 3 aromatic carbocycles. The normalized spacial score (nSPS) is 10.2. The number of fused-ring (bicyclic) bond motifs is 1. The Morgan fingerprint density at radius 2 is 1.32 bits per heavy atom. The lowest BCUT2D eigenvalue weighted by molar-refractivity contribution is -0.134. The van der Waals surface area contributed by atoms with Crippen molar-refractivity contribution in [1.82, 2.24) is 0 Å². The van der Waals surface area contributed by atoms with Crippen molar-refractivity contribution in [3.8, 4) is 28.0 Å². The van der Waals surface area contributed by atoms with Crippen LogP contribution in [0.15, 0.2) is 88.1 Å². The Hall–Kier alpha value is -3.86. The quantitative estimate of drug-likeness (QED) is 0.486. The van der Waals surface area contributed by atoms with E-state index in [1.807, 2.05) is 60.7 Å². The smallest absolute Gasteiger partial charge is 0.344 e. The van der Waals surface area contributed by atoms with Crippen LogP contribution in [-0.2, 0) is 4.79 Å². The Morgan fingerprint density at radius 3 is 1.86 bits per heavy atom. The Bertz CT molecular complexity index is 1160. The van der Waals surface area contributed by atoms with Gasteiger partial charge in [-0.2, -0.15) is 0 Å². The van der Waals surface area contributed by atoms with Gasteiger partial charge >= 0.3 is 5.63 Å². The molecule has 0 radical (unpaired) electrons. The molecule has 0 aliphatic heterocycles. The van der Waals surface area contributed by atoms with Gasteiger partial charge in [0.15, 0.2) is 0 Å². The van der Waals surface area contributed by atoms with E-state index in [-0.39, 0.29) is 5.75 Å². The highest BCUT2D eigenvalue weighted by Crippen LogP contribution is 2.36. The molecule has 5 nitrogen and oxygen atoms in total. The molecule has 0 fully saturated rings. The van der Waals surface area contributed by atoms with Gasteiger partial charge < -0.3 is 14.6 Å². The predicted octanol–water partition coefficient (Wildman–Crippen LogP) is 4.92. The second kappa shape index (κ2) is 8.22. The van der Waals surface area contributed by atoms with Gasteiger partial charge in [-0.05, 0) is 23.3 Å². The number of carboxylic acids is 1. The number of hydrogen-bond donors (Lipinski definition) is 2. The minimum atomic E-state index is -0.833. The molecule has 0 aliphatic carbocycles. The monoisotopic (exact) mass is 374 g/mol. The summed E-state index contributed by atoms with van der Waals surface area (Å²) in [5.74, 6) is -0.767. The third kappa shape index (κ3) is 4.10. The highest BCUT2D eigenvalue weighted by Gasteiger charge is 2.17. The molecule has 4 aromatic rings. The molecule has 140 valence electrons. The van der Waals surface area contributed by atoms with Gasteiger partial charge in [-0.3, -0.25) is 4.79 Å². The van der Waals surface area contributed by atoms with Crippen LogP contribution in [0, 0.1) is 0 Å². The van der Waals surface area contributed by atoms with E-state index in [1.54, 1.807) is 12.1 Å². The maximum Gasteiger partial charge on any atom is 0.344 e. The van der Waals surface area contributed by atoms with Crippen LogP contribution in [0.2, 0.25) is 0 Å². The van der Waals surface area contributed by atoms with Crippen LogP contribution in [0.4, 0.5) is 0 Å². The molecule has 0 aliphatic rings. The number of rotatable bonds is 2. The lowest BCUT2D eigenvalue weighted by Gasteiger charge is -2.12. The molecule has 28 heavy (non-hydrogen) atoms. The van der Waals surface area contributed by atoms with E-state index in [0.29, 0.717) is 11.1 Å². The van der Waals surface area contributed by atoms with Gasteiger partial charge in [0.2, 0.25) is 0 Å². The average Bonchev–Trinajstić information content (AvgIpc) is 2.67. The summed E-state index contributed by atoms with van der Waals surface area (Å²) in [6.45, 7) is 1.08. The second-order valence-corrected chi connectivity index (χ2v) is 6.07. The summed E-state index contributed by atoms with van der Waals surface area (Å²) in [7, 11) is 0. The molecule has 0 saturated heterocycles. The fourth-order valence-electron chi connectivity index (χ4n) is 2.96. The molecule has 0 spiro atoms. The van der Waals surface area contributed by atoms with Crippen molar-refractivity contribution in [3.63, 3.8) is 0 Å². The van der Waals surface area contributed by atoms with Crippen molar-refractivity contribution in [1.29, 1.82) is 0 Å². The zero-order valence-electron chi connectivity index (χ0n) is 15.1. The van der Waals surface area contributed by atoms with Crippen LogP contribution in [-0.4, -0.2) is 16.2 Å². The number of carboxylic acid groups (broad SMARTS) is 1. The van der Waals surface area contributed by atoms with E-state index in [4.69, 9.17) is 14.3 Å². The Balaban J connectivity index is 0.000000516. The zero-order chi connectivity index (χ0) is 20.1. The lowest BCUT2D eigenvalue weighted by atomic mass is 9.93. The summed E-state index contributed by atoms with van der Waals surface area (Å²) in [5, 5.41) is 17.9. The molecule has 1 aromatic heterocycles. The standard InChI is InChI=1S/C21H14O3.C2H4O2/c22-16-11-12-17-18(13-16)24-21(23)20(15-9-5-2-6-10-15)19(17)14-7-3-1-4-8-14;1-2(3)4/h1-13,22H;1H3,(H,3,4). The summed E-state index contributed by atoms with van der Waals surface area (Å²) >= 11 is 0. The van der Waals surface area contributed by atoms with Gasteiger partial charge in [0.1, 0.15) is 11.3 Å². The van der Waals surface area contributed by atoms with Gasteiger partial charge in [-0.25, -0.2) is 4.79 Å². The van der Waals surface area contributed by atoms with Gasteiger partial charge in [0.25, 0.3) is 5.97 Å². The van der Waals surface area contributed by atoms with Crippen molar-refractivity contribution < 1.29 is 19.4 Å². The lowest BCUT2D eigenvalue weighted by Crippen LogP contribution is -2.06. The molecule has 2 N–H and O–H groups in total. The summed E-state index contributed by atoms with van der Waals surface area (Å²) in [6, 6.07) is 24.1.